The highest BCUT2D eigenvalue weighted by molar-refractivity contribution is 6.02. The Hall–Kier alpha value is -4.86. The largest absolute Gasteiger partial charge is 0.507 e. The first-order valence-corrected chi connectivity index (χ1v) is 9.38. The Labute approximate surface area is 185 Å². The minimum absolute atomic E-state index is 0.0407. The summed E-state index contributed by atoms with van der Waals surface area (Å²) in [5.74, 6) is -3.36. The third kappa shape index (κ3) is 4.59. The summed E-state index contributed by atoms with van der Waals surface area (Å²) in [6.07, 6.45) is -0.0407. The number of aromatic hydroxyl groups is 2. The van der Waals surface area contributed by atoms with E-state index >= 15 is 0 Å². The predicted octanol–water partition coefficient (Wildman–Crippen LogP) is 4.04. The average molecular weight is 451 g/mol. The standard InChI is InChI=1S/C23H16O6.HNO3/c24-20-16(14-7-3-1-5-12(14)9-18(20)22(26)27)11-17-15-8-4-2-6-13(15)10-19(21(17)25)23(28)29;2-1(3)4/h1-10,24-25H,11H2,(H,26,27)(H,28,29);(H,2,3,4). The molecule has 4 aromatic rings. The Morgan fingerprint density at radius 1 is 0.758 bits per heavy atom. The first-order chi connectivity index (χ1) is 15.6. The van der Waals surface area contributed by atoms with Gasteiger partial charge in [-0.1, -0.05) is 48.5 Å². The summed E-state index contributed by atoms with van der Waals surface area (Å²) in [6, 6.07) is 16.8. The third-order valence-electron chi connectivity index (χ3n) is 5.07. The summed E-state index contributed by atoms with van der Waals surface area (Å²) in [7, 11) is 0. The van der Waals surface area contributed by atoms with Crippen molar-refractivity contribution in [2.45, 2.75) is 6.42 Å². The summed E-state index contributed by atoms with van der Waals surface area (Å²) in [6.45, 7) is 0. The maximum absolute atomic E-state index is 11.6. The number of fused-ring (bicyclic) bond motifs is 2. The molecule has 0 radical (unpaired) electrons. The minimum atomic E-state index is -1.50. The van der Waals surface area contributed by atoms with E-state index < -0.39 is 28.5 Å². The smallest absolute Gasteiger partial charge is 0.339 e. The average Bonchev–Trinajstić information content (AvgIpc) is 2.75. The summed E-state index contributed by atoms with van der Waals surface area (Å²) in [5.41, 5.74) is 0.112. The van der Waals surface area contributed by atoms with Crippen LogP contribution in [0.2, 0.25) is 0 Å². The summed E-state index contributed by atoms with van der Waals surface area (Å²) < 4.78 is 0. The van der Waals surface area contributed by atoms with Gasteiger partial charge in [0.1, 0.15) is 22.6 Å². The number of carboxylic acid groups (broad SMARTS) is 2. The summed E-state index contributed by atoms with van der Waals surface area (Å²) in [5, 5.41) is 56.4. The zero-order valence-electron chi connectivity index (χ0n) is 16.8. The minimum Gasteiger partial charge on any atom is -0.507 e. The molecule has 0 aliphatic heterocycles. The maximum atomic E-state index is 11.6. The van der Waals surface area contributed by atoms with Gasteiger partial charge in [-0.3, -0.25) is 0 Å². The molecule has 0 saturated heterocycles. The molecule has 5 N–H and O–H groups in total. The van der Waals surface area contributed by atoms with Gasteiger partial charge in [0.05, 0.1) is 0 Å². The van der Waals surface area contributed by atoms with E-state index in [0.717, 1.165) is 0 Å². The van der Waals surface area contributed by atoms with Crippen molar-refractivity contribution in [2.75, 3.05) is 0 Å². The van der Waals surface area contributed by atoms with E-state index in [1.165, 1.54) is 12.1 Å². The first kappa shape index (κ1) is 22.8. The lowest BCUT2D eigenvalue weighted by molar-refractivity contribution is -0.742. The molecule has 0 atom stereocenters. The van der Waals surface area contributed by atoms with Crippen LogP contribution in [-0.4, -0.2) is 42.7 Å². The van der Waals surface area contributed by atoms with Crippen molar-refractivity contribution in [3.63, 3.8) is 0 Å². The van der Waals surface area contributed by atoms with Gasteiger partial charge in [0.15, 0.2) is 0 Å². The molecule has 0 unspecified atom stereocenters. The highest BCUT2D eigenvalue weighted by Crippen LogP contribution is 2.38. The monoisotopic (exact) mass is 451 g/mol. The van der Waals surface area contributed by atoms with Gasteiger partial charge in [-0.15, -0.1) is 10.1 Å². The molecule has 0 heterocycles. The summed E-state index contributed by atoms with van der Waals surface area (Å²) in [4.78, 5) is 31.6. The molecule has 0 fully saturated rings. The lowest BCUT2D eigenvalue weighted by Gasteiger charge is -2.16. The molecule has 10 nitrogen and oxygen atoms in total. The van der Waals surface area contributed by atoms with Gasteiger partial charge >= 0.3 is 11.9 Å². The van der Waals surface area contributed by atoms with Crippen molar-refractivity contribution >= 4 is 33.5 Å². The van der Waals surface area contributed by atoms with Crippen molar-refractivity contribution in [3.8, 4) is 11.5 Å². The van der Waals surface area contributed by atoms with Crippen molar-refractivity contribution in [3.05, 3.63) is 93.0 Å². The zero-order chi connectivity index (χ0) is 24.3. The third-order valence-corrected chi connectivity index (χ3v) is 5.07. The molecule has 0 aromatic heterocycles. The van der Waals surface area contributed by atoms with Gasteiger partial charge in [0.25, 0.3) is 5.09 Å². The molecule has 4 rings (SSSR count). The fraction of sp³-hybridized carbons (Fsp3) is 0.0435. The van der Waals surface area contributed by atoms with Crippen LogP contribution in [0.25, 0.3) is 21.5 Å². The Balaban J connectivity index is 0.000000709. The molecule has 168 valence electrons. The highest BCUT2D eigenvalue weighted by Gasteiger charge is 2.22. The maximum Gasteiger partial charge on any atom is 0.339 e. The van der Waals surface area contributed by atoms with E-state index in [-0.39, 0.29) is 17.5 Å². The molecule has 0 saturated carbocycles. The fourth-order valence-corrected chi connectivity index (χ4v) is 3.68. The van der Waals surface area contributed by atoms with Gasteiger partial charge in [-0.25, -0.2) is 9.59 Å². The van der Waals surface area contributed by atoms with Crippen molar-refractivity contribution < 1.29 is 40.3 Å². The van der Waals surface area contributed by atoms with Crippen LogP contribution in [0.1, 0.15) is 31.8 Å². The Morgan fingerprint density at radius 3 is 1.42 bits per heavy atom. The zero-order valence-corrected chi connectivity index (χ0v) is 16.8. The van der Waals surface area contributed by atoms with Gasteiger partial charge in [-0.05, 0) is 33.7 Å². The predicted molar refractivity (Wildman–Crippen MR) is 117 cm³/mol. The molecule has 0 bridgehead atoms. The molecule has 0 spiro atoms. The van der Waals surface area contributed by atoms with Crippen LogP contribution < -0.4 is 0 Å². The van der Waals surface area contributed by atoms with Crippen LogP contribution in [0.4, 0.5) is 0 Å². The number of carboxylic acids is 2. The topological polar surface area (TPSA) is 178 Å². The van der Waals surface area contributed by atoms with Crippen molar-refractivity contribution in [1.82, 2.24) is 0 Å². The number of phenols is 2. The number of benzene rings is 4. The Kier molecular flexibility index (Phi) is 6.29. The van der Waals surface area contributed by atoms with Crippen LogP contribution >= 0.6 is 0 Å². The number of nitrogens with zero attached hydrogens (tertiary/aromatic N) is 1. The second-order valence-corrected chi connectivity index (χ2v) is 6.97. The van der Waals surface area contributed by atoms with E-state index in [9.17, 15) is 30.0 Å². The van der Waals surface area contributed by atoms with E-state index in [1.807, 2.05) is 0 Å². The molecule has 0 amide bonds. The van der Waals surface area contributed by atoms with Gasteiger partial charge in [0, 0.05) is 17.5 Å². The molecule has 10 heteroatoms. The lowest BCUT2D eigenvalue weighted by atomic mass is 9.90. The molecule has 0 aliphatic rings. The van der Waals surface area contributed by atoms with Crippen LogP contribution in [0.5, 0.6) is 11.5 Å². The number of carbonyl (C=O) groups is 2. The Morgan fingerprint density at radius 2 is 1.09 bits per heavy atom. The molecule has 0 aliphatic carbocycles. The van der Waals surface area contributed by atoms with E-state index in [0.29, 0.717) is 32.7 Å². The van der Waals surface area contributed by atoms with Gasteiger partial charge in [0.2, 0.25) is 0 Å². The molecular weight excluding hydrogens is 434 g/mol. The summed E-state index contributed by atoms with van der Waals surface area (Å²) >= 11 is 0. The second-order valence-electron chi connectivity index (χ2n) is 6.97. The van der Waals surface area contributed by atoms with E-state index in [1.54, 1.807) is 48.5 Å². The van der Waals surface area contributed by atoms with Crippen LogP contribution in [0.15, 0.2) is 60.7 Å². The van der Waals surface area contributed by atoms with Crippen LogP contribution in [0, 0.1) is 10.1 Å². The van der Waals surface area contributed by atoms with Crippen molar-refractivity contribution in [1.29, 1.82) is 0 Å². The SMILES string of the molecule is O=C(O)c1cc2ccccc2c(Cc2c(O)c(C(=O)O)cc3ccccc23)c1O.O=[N+]([O-])O. The first-order valence-electron chi connectivity index (χ1n) is 9.38. The molecule has 4 aromatic carbocycles. The van der Waals surface area contributed by atoms with Crippen LogP contribution in [-0.2, 0) is 6.42 Å². The molecule has 33 heavy (non-hydrogen) atoms. The number of aromatic carboxylic acids is 2. The van der Waals surface area contributed by atoms with Gasteiger partial charge in [-0.2, -0.15) is 0 Å². The highest BCUT2D eigenvalue weighted by atomic mass is 16.9. The number of hydrogen-bond donors (Lipinski definition) is 5. The Bertz CT molecular complexity index is 1310. The van der Waals surface area contributed by atoms with E-state index in [2.05, 4.69) is 0 Å². The molecular formula is C23H17NO9. The normalized spacial score (nSPS) is 10.4. The van der Waals surface area contributed by atoms with E-state index in [4.69, 9.17) is 15.3 Å². The van der Waals surface area contributed by atoms with Crippen LogP contribution in [0.3, 0.4) is 0 Å². The second kappa shape index (κ2) is 9.10. The van der Waals surface area contributed by atoms with Crippen molar-refractivity contribution in [2.24, 2.45) is 0 Å². The fourth-order valence-electron chi connectivity index (χ4n) is 3.68. The number of hydrogen-bond acceptors (Lipinski definition) is 6. The van der Waals surface area contributed by atoms with Gasteiger partial charge < -0.3 is 25.6 Å². The quantitative estimate of drug-likeness (QED) is 0.226. The lowest BCUT2D eigenvalue weighted by Crippen LogP contribution is -2.04. The number of rotatable bonds is 4.